The summed E-state index contributed by atoms with van der Waals surface area (Å²) in [5.74, 6) is 1.89. The molecule has 1 aliphatic rings. The predicted octanol–water partition coefficient (Wildman–Crippen LogP) is 3.31. The molecule has 0 atom stereocenters. The lowest BCUT2D eigenvalue weighted by molar-refractivity contribution is 0.0921. The van der Waals surface area contributed by atoms with Crippen LogP contribution in [0, 0.1) is 0 Å². The van der Waals surface area contributed by atoms with E-state index < -0.39 is 0 Å². The molecule has 2 aromatic rings. The molecule has 0 bridgehead atoms. The van der Waals surface area contributed by atoms with Gasteiger partial charge in [0.05, 0.1) is 21.3 Å². The lowest BCUT2D eigenvalue weighted by Crippen LogP contribution is -2.36. The van der Waals surface area contributed by atoms with Crippen LogP contribution in [0.4, 0.5) is 11.5 Å². The highest BCUT2D eigenvalue weighted by atomic mass is 16.5. The number of rotatable bonds is 7. The maximum Gasteiger partial charge on any atom is 0.272 e. The lowest BCUT2D eigenvalue weighted by Gasteiger charge is -2.22. The van der Waals surface area contributed by atoms with Gasteiger partial charge in [-0.15, -0.1) is 10.2 Å². The monoisotopic (exact) mass is 386 g/mol. The van der Waals surface area contributed by atoms with E-state index in [1.165, 1.54) is 6.42 Å². The van der Waals surface area contributed by atoms with Gasteiger partial charge >= 0.3 is 0 Å². The number of carbonyl (C=O) groups excluding carboxylic acids is 1. The summed E-state index contributed by atoms with van der Waals surface area (Å²) in [6.45, 7) is 0. The fraction of sp³-hybridized carbons (Fsp3) is 0.450. The Hall–Kier alpha value is -3.03. The van der Waals surface area contributed by atoms with E-state index >= 15 is 0 Å². The molecule has 28 heavy (non-hydrogen) atoms. The number of ether oxygens (including phenoxy) is 3. The molecule has 1 aromatic heterocycles. The van der Waals surface area contributed by atoms with Gasteiger partial charge in [-0.05, 0) is 25.0 Å². The number of methoxy groups -OCH3 is 3. The number of nitrogens with one attached hydrogen (secondary N) is 2. The number of hydrogen-bond donors (Lipinski definition) is 2. The summed E-state index contributed by atoms with van der Waals surface area (Å²) in [5, 5.41) is 14.3. The molecular formula is C20H26N4O4. The number of carbonyl (C=O) groups is 1. The summed E-state index contributed by atoms with van der Waals surface area (Å²) in [5.41, 5.74) is 1.00. The SMILES string of the molecule is COc1cc(Nc2ccc(C(=O)NC3CCCCC3)nn2)cc(OC)c1OC. The number of anilines is 2. The molecule has 1 aromatic carbocycles. The average molecular weight is 386 g/mol. The molecule has 3 rings (SSSR count). The minimum Gasteiger partial charge on any atom is -0.493 e. The number of benzene rings is 1. The smallest absolute Gasteiger partial charge is 0.272 e. The summed E-state index contributed by atoms with van der Waals surface area (Å²) in [6, 6.07) is 7.15. The Morgan fingerprint density at radius 3 is 2.18 bits per heavy atom. The molecule has 8 nitrogen and oxygen atoms in total. The zero-order valence-corrected chi connectivity index (χ0v) is 16.4. The van der Waals surface area contributed by atoms with Gasteiger partial charge in [0.1, 0.15) is 0 Å². The van der Waals surface area contributed by atoms with Crippen molar-refractivity contribution < 1.29 is 19.0 Å². The Morgan fingerprint density at radius 2 is 1.64 bits per heavy atom. The van der Waals surface area contributed by atoms with Crippen LogP contribution in [0.5, 0.6) is 17.2 Å². The van der Waals surface area contributed by atoms with Gasteiger partial charge in [-0.25, -0.2) is 0 Å². The van der Waals surface area contributed by atoms with Crippen LogP contribution in [0.3, 0.4) is 0 Å². The topological polar surface area (TPSA) is 94.6 Å². The molecule has 1 amide bonds. The average Bonchev–Trinajstić information content (AvgIpc) is 2.74. The first-order valence-electron chi connectivity index (χ1n) is 9.36. The van der Waals surface area contributed by atoms with Gasteiger partial charge < -0.3 is 24.8 Å². The third-order valence-corrected chi connectivity index (χ3v) is 4.77. The molecule has 2 N–H and O–H groups in total. The van der Waals surface area contributed by atoms with Crippen LogP contribution in [0.1, 0.15) is 42.6 Å². The number of hydrogen-bond acceptors (Lipinski definition) is 7. The summed E-state index contributed by atoms with van der Waals surface area (Å²) in [7, 11) is 4.66. The fourth-order valence-corrected chi connectivity index (χ4v) is 3.33. The zero-order chi connectivity index (χ0) is 19.9. The Labute approximate surface area is 164 Å². The number of amides is 1. The van der Waals surface area contributed by atoms with Crippen molar-refractivity contribution in [3.63, 3.8) is 0 Å². The van der Waals surface area contributed by atoms with Crippen molar-refractivity contribution in [2.45, 2.75) is 38.1 Å². The molecule has 0 aliphatic heterocycles. The highest BCUT2D eigenvalue weighted by Crippen LogP contribution is 2.40. The normalized spacial score (nSPS) is 14.2. The lowest BCUT2D eigenvalue weighted by atomic mass is 9.95. The third-order valence-electron chi connectivity index (χ3n) is 4.77. The van der Waals surface area contributed by atoms with Crippen LogP contribution in [-0.2, 0) is 0 Å². The van der Waals surface area contributed by atoms with E-state index in [2.05, 4.69) is 20.8 Å². The van der Waals surface area contributed by atoms with E-state index in [-0.39, 0.29) is 11.9 Å². The van der Waals surface area contributed by atoms with Gasteiger partial charge in [0.2, 0.25) is 5.75 Å². The first-order chi connectivity index (χ1) is 13.6. The van der Waals surface area contributed by atoms with E-state index in [9.17, 15) is 4.79 Å². The van der Waals surface area contributed by atoms with E-state index in [0.717, 1.165) is 25.7 Å². The minimum absolute atomic E-state index is 0.182. The molecule has 0 unspecified atom stereocenters. The maximum absolute atomic E-state index is 12.3. The summed E-state index contributed by atoms with van der Waals surface area (Å²) in [4.78, 5) is 12.3. The van der Waals surface area contributed by atoms with Crippen LogP contribution in [-0.4, -0.2) is 43.5 Å². The molecule has 0 spiro atoms. The van der Waals surface area contributed by atoms with Crippen molar-refractivity contribution in [1.29, 1.82) is 0 Å². The van der Waals surface area contributed by atoms with Gasteiger partial charge in [-0.2, -0.15) is 0 Å². The molecule has 1 fully saturated rings. The first-order valence-corrected chi connectivity index (χ1v) is 9.36. The second-order valence-electron chi connectivity index (χ2n) is 6.65. The van der Waals surface area contributed by atoms with Crippen molar-refractivity contribution in [3.8, 4) is 17.2 Å². The van der Waals surface area contributed by atoms with Gasteiger partial charge in [0.15, 0.2) is 23.0 Å². The van der Waals surface area contributed by atoms with Crippen molar-refractivity contribution in [2.24, 2.45) is 0 Å². The third kappa shape index (κ3) is 4.62. The van der Waals surface area contributed by atoms with Gasteiger partial charge in [0, 0.05) is 23.9 Å². The van der Waals surface area contributed by atoms with E-state index in [1.54, 1.807) is 45.6 Å². The van der Waals surface area contributed by atoms with Crippen LogP contribution >= 0.6 is 0 Å². The highest BCUT2D eigenvalue weighted by Gasteiger charge is 2.18. The van der Waals surface area contributed by atoms with Crippen molar-refractivity contribution in [3.05, 3.63) is 30.0 Å². The quantitative estimate of drug-likeness (QED) is 0.754. The van der Waals surface area contributed by atoms with Crippen LogP contribution < -0.4 is 24.8 Å². The molecule has 1 saturated carbocycles. The predicted molar refractivity (Wildman–Crippen MR) is 106 cm³/mol. The Kier molecular flexibility index (Phi) is 6.52. The highest BCUT2D eigenvalue weighted by molar-refractivity contribution is 5.92. The number of aromatic nitrogens is 2. The zero-order valence-electron chi connectivity index (χ0n) is 16.4. The molecule has 8 heteroatoms. The second kappa shape index (κ2) is 9.25. The Bertz CT molecular complexity index is 779. The van der Waals surface area contributed by atoms with Crippen molar-refractivity contribution >= 4 is 17.4 Å². The fourth-order valence-electron chi connectivity index (χ4n) is 3.33. The Balaban J connectivity index is 1.69. The van der Waals surface area contributed by atoms with Crippen molar-refractivity contribution in [2.75, 3.05) is 26.6 Å². The second-order valence-corrected chi connectivity index (χ2v) is 6.65. The minimum atomic E-state index is -0.182. The maximum atomic E-state index is 12.3. The number of nitrogens with zero attached hydrogens (tertiary/aromatic N) is 2. The van der Waals surface area contributed by atoms with Crippen LogP contribution in [0.15, 0.2) is 24.3 Å². The van der Waals surface area contributed by atoms with Crippen LogP contribution in [0.25, 0.3) is 0 Å². The van der Waals surface area contributed by atoms with E-state index in [1.807, 2.05) is 0 Å². The standard InChI is InChI=1S/C20H26N4O4/c1-26-16-11-14(12-17(27-2)19(16)28-3)21-18-10-9-15(23-24-18)20(25)22-13-7-5-4-6-8-13/h9-13H,4-8H2,1-3H3,(H,21,24)(H,22,25). The Morgan fingerprint density at radius 1 is 0.964 bits per heavy atom. The van der Waals surface area contributed by atoms with Crippen LogP contribution in [0.2, 0.25) is 0 Å². The van der Waals surface area contributed by atoms with Crippen molar-refractivity contribution in [1.82, 2.24) is 15.5 Å². The van der Waals surface area contributed by atoms with E-state index in [4.69, 9.17) is 14.2 Å². The molecule has 0 radical (unpaired) electrons. The first kappa shape index (κ1) is 19.7. The van der Waals surface area contributed by atoms with Gasteiger partial charge in [-0.1, -0.05) is 19.3 Å². The van der Waals surface area contributed by atoms with E-state index in [0.29, 0.717) is 34.4 Å². The molecular weight excluding hydrogens is 360 g/mol. The largest absolute Gasteiger partial charge is 0.493 e. The summed E-state index contributed by atoms with van der Waals surface area (Å²) < 4.78 is 16.0. The summed E-state index contributed by atoms with van der Waals surface area (Å²) in [6.07, 6.45) is 5.62. The van der Waals surface area contributed by atoms with Gasteiger partial charge in [-0.3, -0.25) is 4.79 Å². The summed E-state index contributed by atoms with van der Waals surface area (Å²) >= 11 is 0. The van der Waals surface area contributed by atoms with Gasteiger partial charge in [0.25, 0.3) is 5.91 Å². The molecule has 1 aliphatic carbocycles. The molecule has 1 heterocycles. The molecule has 150 valence electrons. The molecule has 0 saturated heterocycles.